The van der Waals surface area contributed by atoms with Gasteiger partial charge in [0, 0.05) is 12.2 Å². The molecule has 0 aliphatic heterocycles. The van der Waals surface area contributed by atoms with Crippen molar-refractivity contribution >= 4 is 5.78 Å². The average molecular weight is 193 g/mol. The zero-order valence-corrected chi connectivity index (χ0v) is 7.80. The Balaban J connectivity index is 2.67. The monoisotopic (exact) mass is 193 g/mol. The first-order valence-corrected chi connectivity index (χ1v) is 4.27. The Bertz CT molecular complexity index is 464. The molecule has 0 radical (unpaired) electrons. The number of hydrogen-bond donors (Lipinski definition) is 2. The van der Waals surface area contributed by atoms with Gasteiger partial charge in [0.2, 0.25) is 0 Å². The molecule has 14 heavy (non-hydrogen) atoms. The number of aliphatic hydroxyl groups is 1. The van der Waals surface area contributed by atoms with Crippen molar-refractivity contribution in [3.63, 3.8) is 0 Å². The van der Waals surface area contributed by atoms with E-state index in [1.807, 2.05) is 13.0 Å². The van der Waals surface area contributed by atoms with Crippen molar-refractivity contribution in [3.05, 3.63) is 23.3 Å². The molecule has 0 fully saturated rings. The molecule has 6 nitrogen and oxygen atoms in total. The van der Waals surface area contributed by atoms with Gasteiger partial charge in [-0.1, -0.05) is 0 Å². The van der Waals surface area contributed by atoms with Crippen LogP contribution in [0.2, 0.25) is 0 Å². The third kappa shape index (κ3) is 1.34. The minimum atomic E-state index is -0.180. The maximum Gasteiger partial charge on any atom is 0.253 e. The second-order valence-electron chi connectivity index (χ2n) is 2.99. The van der Waals surface area contributed by atoms with Gasteiger partial charge in [0.1, 0.15) is 6.61 Å². The number of nitrogens with zero attached hydrogens (tertiary/aromatic N) is 4. The Labute approximate surface area is 80.4 Å². The van der Waals surface area contributed by atoms with Crippen molar-refractivity contribution in [1.29, 1.82) is 0 Å². The minimum absolute atomic E-state index is 0.180. The van der Waals surface area contributed by atoms with Gasteiger partial charge >= 0.3 is 0 Å². The maximum atomic E-state index is 8.87. The Kier molecular flexibility index (Phi) is 2.14. The zero-order valence-electron chi connectivity index (χ0n) is 7.80. The van der Waals surface area contributed by atoms with Crippen LogP contribution < -0.4 is 5.73 Å². The van der Waals surface area contributed by atoms with Crippen LogP contribution in [0.4, 0.5) is 0 Å². The molecule has 2 aromatic rings. The maximum absolute atomic E-state index is 8.87. The predicted molar refractivity (Wildman–Crippen MR) is 49.3 cm³/mol. The van der Waals surface area contributed by atoms with Gasteiger partial charge in [-0.25, -0.2) is 9.50 Å². The third-order valence-electron chi connectivity index (χ3n) is 1.94. The van der Waals surface area contributed by atoms with Crippen LogP contribution in [0.15, 0.2) is 6.07 Å². The fourth-order valence-electron chi connectivity index (χ4n) is 1.29. The van der Waals surface area contributed by atoms with E-state index < -0.39 is 0 Å². The van der Waals surface area contributed by atoms with Crippen LogP contribution in [0.3, 0.4) is 0 Å². The normalized spacial score (nSPS) is 11.1. The highest BCUT2D eigenvalue weighted by Gasteiger charge is 2.06. The molecule has 0 aliphatic carbocycles. The standard InChI is InChI=1S/C8H11N5O/c1-5-2-6(3-9)10-8-11-7(4-14)12-13(5)8/h2,14H,3-4,9H2,1H3. The SMILES string of the molecule is Cc1cc(CN)nc2nc(CO)nn12. The first-order valence-electron chi connectivity index (χ1n) is 4.27. The Morgan fingerprint density at radius 3 is 2.93 bits per heavy atom. The summed E-state index contributed by atoms with van der Waals surface area (Å²) in [7, 11) is 0. The Morgan fingerprint density at radius 1 is 1.50 bits per heavy atom. The molecule has 0 aliphatic rings. The Hall–Kier alpha value is -1.53. The van der Waals surface area contributed by atoms with E-state index in [2.05, 4.69) is 15.1 Å². The number of hydrogen-bond acceptors (Lipinski definition) is 5. The number of nitrogens with two attached hydrogens (primary N) is 1. The van der Waals surface area contributed by atoms with Gasteiger partial charge in [-0.05, 0) is 13.0 Å². The van der Waals surface area contributed by atoms with Gasteiger partial charge in [-0.3, -0.25) is 0 Å². The van der Waals surface area contributed by atoms with Crippen LogP contribution in [0, 0.1) is 6.92 Å². The molecular weight excluding hydrogens is 182 g/mol. The van der Waals surface area contributed by atoms with Crippen LogP contribution in [-0.4, -0.2) is 24.7 Å². The first-order chi connectivity index (χ1) is 6.74. The van der Waals surface area contributed by atoms with E-state index in [-0.39, 0.29) is 6.61 Å². The largest absolute Gasteiger partial charge is 0.388 e. The van der Waals surface area contributed by atoms with Crippen molar-refractivity contribution in [1.82, 2.24) is 19.6 Å². The molecule has 0 unspecified atom stereocenters. The smallest absolute Gasteiger partial charge is 0.253 e. The quantitative estimate of drug-likeness (QED) is 0.663. The molecule has 0 amide bonds. The highest BCUT2D eigenvalue weighted by atomic mass is 16.3. The number of aryl methyl sites for hydroxylation is 1. The molecule has 3 N–H and O–H groups in total. The van der Waals surface area contributed by atoms with Crippen LogP contribution in [0.25, 0.3) is 5.78 Å². The molecule has 0 bridgehead atoms. The number of aromatic nitrogens is 4. The van der Waals surface area contributed by atoms with Crippen molar-refractivity contribution in [2.24, 2.45) is 5.73 Å². The minimum Gasteiger partial charge on any atom is -0.388 e. The van der Waals surface area contributed by atoms with E-state index in [1.165, 1.54) is 0 Å². The number of fused-ring (bicyclic) bond motifs is 1. The molecule has 0 aromatic carbocycles. The summed E-state index contributed by atoms with van der Waals surface area (Å²) in [6, 6.07) is 1.85. The summed E-state index contributed by atoms with van der Waals surface area (Å²) in [6.07, 6.45) is 0. The summed E-state index contributed by atoms with van der Waals surface area (Å²) in [5, 5.41) is 12.9. The second-order valence-corrected chi connectivity index (χ2v) is 2.99. The molecule has 0 saturated heterocycles. The topological polar surface area (TPSA) is 89.3 Å². The van der Waals surface area contributed by atoms with Gasteiger partial charge in [-0.15, -0.1) is 5.10 Å². The van der Waals surface area contributed by atoms with E-state index in [9.17, 15) is 0 Å². The zero-order chi connectivity index (χ0) is 10.1. The highest BCUT2D eigenvalue weighted by molar-refractivity contribution is 5.31. The van der Waals surface area contributed by atoms with Crippen LogP contribution in [0.1, 0.15) is 17.2 Å². The van der Waals surface area contributed by atoms with Crippen LogP contribution in [-0.2, 0) is 13.2 Å². The summed E-state index contributed by atoms with van der Waals surface area (Å²) in [5.41, 5.74) is 7.16. The summed E-state index contributed by atoms with van der Waals surface area (Å²) in [6.45, 7) is 2.09. The lowest BCUT2D eigenvalue weighted by molar-refractivity contribution is 0.271. The molecule has 2 rings (SSSR count). The summed E-state index contributed by atoms with van der Waals surface area (Å²) in [4.78, 5) is 8.21. The van der Waals surface area contributed by atoms with Crippen molar-refractivity contribution in [3.8, 4) is 0 Å². The molecule has 0 saturated carbocycles. The Morgan fingerprint density at radius 2 is 2.29 bits per heavy atom. The van der Waals surface area contributed by atoms with E-state index in [0.29, 0.717) is 18.1 Å². The lowest BCUT2D eigenvalue weighted by atomic mass is 10.3. The molecule has 74 valence electrons. The van der Waals surface area contributed by atoms with Crippen molar-refractivity contribution in [2.45, 2.75) is 20.1 Å². The van der Waals surface area contributed by atoms with E-state index in [0.717, 1.165) is 11.4 Å². The molecule has 2 heterocycles. The summed E-state index contributed by atoms with van der Waals surface area (Å²) >= 11 is 0. The van der Waals surface area contributed by atoms with Gasteiger partial charge in [-0.2, -0.15) is 4.98 Å². The average Bonchev–Trinajstić information content (AvgIpc) is 2.61. The summed E-state index contributed by atoms with van der Waals surface area (Å²) < 4.78 is 1.59. The van der Waals surface area contributed by atoms with E-state index >= 15 is 0 Å². The first kappa shape index (κ1) is 9.04. The van der Waals surface area contributed by atoms with Gasteiger partial charge in [0.25, 0.3) is 5.78 Å². The number of rotatable bonds is 2. The van der Waals surface area contributed by atoms with Gasteiger partial charge in [0.15, 0.2) is 5.82 Å². The van der Waals surface area contributed by atoms with Gasteiger partial charge in [0.05, 0.1) is 5.69 Å². The highest BCUT2D eigenvalue weighted by Crippen LogP contribution is 2.05. The van der Waals surface area contributed by atoms with E-state index in [1.54, 1.807) is 4.52 Å². The fourth-order valence-corrected chi connectivity index (χ4v) is 1.29. The predicted octanol–water partition coefficient (Wildman–Crippen LogP) is -0.616. The fraction of sp³-hybridized carbons (Fsp3) is 0.375. The van der Waals surface area contributed by atoms with Crippen molar-refractivity contribution in [2.75, 3.05) is 0 Å². The van der Waals surface area contributed by atoms with Crippen molar-refractivity contribution < 1.29 is 5.11 Å². The molecule has 2 aromatic heterocycles. The lowest BCUT2D eigenvalue weighted by Gasteiger charge is -1.99. The molecule has 0 spiro atoms. The van der Waals surface area contributed by atoms with Crippen LogP contribution >= 0.6 is 0 Å². The lowest BCUT2D eigenvalue weighted by Crippen LogP contribution is -2.04. The molecule has 0 atom stereocenters. The van der Waals surface area contributed by atoms with E-state index in [4.69, 9.17) is 10.8 Å². The summed E-state index contributed by atoms with van der Waals surface area (Å²) in [5.74, 6) is 0.851. The molecule has 6 heteroatoms. The van der Waals surface area contributed by atoms with Gasteiger partial charge < -0.3 is 10.8 Å². The second kappa shape index (κ2) is 3.32. The molecular formula is C8H11N5O. The van der Waals surface area contributed by atoms with Crippen LogP contribution in [0.5, 0.6) is 0 Å². The third-order valence-corrected chi connectivity index (χ3v) is 1.94. The number of aliphatic hydroxyl groups excluding tert-OH is 1.